The molecule has 1 saturated heterocycles. The van der Waals surface area contributed by atoms with Gasteiger partial charge >= 0.3 is 0 Å². The van der Waals surface area contributed by atoms with Gasteiger partial charge in [0.15, 0.2) is 0 Å². The van der Waals surface area contributed by atoms with E-state index in [0.29, 0.717) is 12.1 Å². The van der Waals surface area contributed by atoms with E-state index in [-0.39, 0.29) is 0 Å². The Bertz CT molecular complexity index is 350. The van der Waals surface area contributed by atoms with Gasteiger partial charge < -0.3 is 10.2 Å². The van der Waals surface area contributed by atoms with Crippen molar-refractivity contribution in [3.05, 3.63) is 16.6 Å². The van der Waals surface area contributed by atoms with Crippen LogP contribution in [0, 0.1) is 5.92 Å². The zero-order valence-electron chi connectivity index (χ0n) is 12.4. The van der Waals surface area contributed by atoms with Gasteiger partial charge in [0.25, 0.3) is 0 Å². The van der Waals surface area contributed by atoms with Crippen LogP contribution >= 0.6 is 11.3 Å². The second kappa shape index (κ2) is 7.36. The second-order valence-corrected chi connectivity index (χ2v) is 6.68. The highest BCUT2D eigenvalue weighted by Crippen LogP contribution is 2.23. The van der Waals surface area contributed by atoms with Crippen LogP contribution in [-0.4, -0.2) is 35.6 Å². The molecule has 1 N–H and O–H groups in total. The van der Waals surface area contributed by atoms with Gasteiger partial charge in [0.05, 0.1) is 6.04 Å². The van der Waals surface area contributed by atoms with Crippen LogP contribution in [0.5, 0.6) is 0 Å². The molecular formula is C15H27N3S. The number of hydrogen-bond acceptors (Lipinski definition) is 4. The van der Waals surface area contributed by atoms with Crippen molar-refractivity contribution in [1.29, 1.82) is 0 Å². The van der Waals surface area contributed by atoms with Gasteiger partial charge in [-0.05, 0) is 52.1 Å². The highest BCUT2D eigenvalue weighted by atomic mass is 32.1. The molecule has 2 rings (SSSR count). The van der Waals surface area contributed by atoms with Gasteiger partial charge in [-0.3, -0.25) is 0 Å². The predicted octanol–water partition coefficient (Wildman–Crippen LogP) is 3.30. The molecule has 0 radical (unpaired) electrons. The molecule has 4 heteroatoms. The lowest BCUT2D eigenvalue weighted by atomic mass is 9.91. The van der Waals surface area contributed by atoms with E-state index in [9.17, 15) is 0 Å². The summed E-state index contributed by atoms with van der Waals surface area (Å²) in [5.74, 6) is 0.780. The number of hydrogen-bond donors (Lipinski definition) is 1. The van der Waals surface area contributed by atoms with Gasteiger partial charge in [-0.15, -0.1) is 11.3 Å². The maximum absolute atomic E-state index is 4.40. The smallest absolute Gasteiger partial charge is 0.109 e. The van der Waals surface area contributed by atoms with Gasteiger partial charge in [0.1, 0.15) is 5.01 Å². The Kier molecular flexibility index (Phi) is 5.79. The Morgan fingerprint density at radius 2 is 2.37 bits per heavy atom. The standard InChI is InChI=1S/C15H27N3S/c1-4-8-18-9-5-6-14(11-18)12(2)17-13(3)15-16-7-10-19-15/h7,10,12-14,17H,4-6,8-9,11H2,1-3H3. The number of piperidine rings is 1. The first-order chi connectivity index (χ1) is 9.20. The Morgan fingerprint density at radius 3 is 3.05 bits per heavy atom. The van der Waals surface area contributed by atoms with E-state index in [1.165, 1.54) is 43.9 Å². The molecule has 0 amide bonds. The fourth-order valence-corrected chi connectivity index (χ4v) is 3.72. The van der Waals surface area contributed by atoms with Crippen molar-refractivity contribution < 1.29 is 0 Å². The fraction of sp³-hybridized carbons (Fsp3) is 0.800. The number of likely N-dealkylation sites (tertiary alicyclic amines) is 1. The molecule has 3 nitrogen and oxygen atoms in total. The third kappa shape index (κ3) is 4.26. The molecule has 0 aliphatic carbocycles. The number of aromatic nitrogens is 1. The minimum Gasteiger partial charge on any atom is -0.305 e. The van der Waals surface area contributed by atoms with Crippen molar-refractivity contribution in [3.8, 4) is 0 Å². The van der Waals surface area contributed by atoms with E-state index in [0.717, 1.165) is 5.92 Å². The number of rotatable bonds is 6. The molecule has 1 aromatic rings. The summed E-state index contributed by atoms with van der Waals surface area (Å²) in [6.45, 7) is 10.6. The summed E-state index contributed by atoms with van der Waals surface area (Å²) in [4.78, 5) is 7.03. The first-order valence-corrected chi connectivity index (χ1v) is 8.46. The predicted molar refractivity (Wildman–Crippen MR) is 82.6 cm³/mol. The number of nitrogens with zero attached hydrogens (tertiary/aromatic N) is 2. The van der Waals surface area contributed by atoms with Crippen molar-refractivity contribution in [2.24, 2.45) is 5.92 Å². The van der Waals surface area contributed by atoms with Gasteiger partial charge in [-0.25, -0.2) is 4.98 Å². The SMILES string of the molecule is CCCN1CCCC(C(C)NC(C)c2nccs2)C1. The molecule has 1 aromatic heterocycles. The van der Waals surface area contributed by atoms with Crippen molar-refractivity contribution in [1.82, 2.24) is 15.2 Å². The Morgan fingerprint density at radius 1 is 1.53 bits per heavy atom. The molecule has 1 aliphatic heterocycles. The summed E-state index contributed by atoms with van der Waals surface area (Å²) in [7, 11) is 0. The monoisotopic (exact) mass is 281 g/mol. The lowest BCUT2D eigenvalue weighted by Gasteiger charge is -2.36. The molecule has 3 unspecified atom stereocenters. The third-order valence-corrected chi connectivity index (χ3v) is 5.08. The van der Waals surface area contributed by atoms with E-state index in [1.54, 1.807) is 11.3 Å². The maximum Gasteiger partial charge on any atom is 0.109 e. The van der Waals surface area contributed by atoms with Crippen LogP contribution in [0.4, 0.5) is 0 Å². The van der Waals surface area contributed by atoms with Crippen LogP contribution in [0.25, 0.3) is 0 Å². The zero-order valence-corrected chi connectivity index (χ0v) is 13.2. The first kappa shape index (κ1) is 14.9. The van der Waals surface area contributed by atoms with Crippen molar-refractivity contribution in [3.63, 3.8) is 0 Å². The highest BCUT2D eigenvalue weighted by Gasteiger charge is 2.25. The average Bonchev–Trinajstić information content (AvgIpc) is 2.93. The first-order valence-electron chi connectivity index (χ1n) is 7.58. The fourth-order valence-electron chi connectivity index (χ4n) is 3.07. The molecule has 0 spiro atoms. The van der Waals surface area contributed by atoms with Crippen molar-refractivity contribution in [2.75, 3.05) is 19.6 Å². The minimum atomic E-state index is 0.372. The van der Waals surface area contributed by atoms with Crippen LogP contribution in [0.15, 0.2) is 11.6 Å². The van der Waals surface area contributed by atoms with Crippen LogP contribution in [0.2, 0.25) is 0 Å². The molecule has 0 bridgehead atoms. The maximum atomic E-state index is 4.40. The normalized spacial score (nSPS) is 24.3. The molecule has 108 valence electrons. The lowest BCUT2D eigenvalue weighted by Crippen LogP contribution is -2.45. The number of nitrogens with one attached hydrogen (secondary N) is 1. The quantitative estimate of drug-likeness (QED) is 0.867. The molecule has 19 heavy (non-hydrogen) atoms. The summed E-state index contributed by atoms with van der Waals surface area (Å²) in [5, 5.41) is 7.00. The van der Waals surface area contributed by atoms with E-state index >= 15 is 0 Å². The van der Waals surface area contributed by atoms with Crippen LogP contribution < -0.4 is 5.32 Å². The number of thiazole rings is 1. The third-order valence-electron chi connectivity index (χ3n) is 4.12. The molecule has 1 aliphatic rings. The van der Waals surface area contributed by atoms with Crippen LogP contribution in [-0.2, 0) is 0 Å². The van der Waals surface area contributed by atoms with Crippen LogP contribution in [0.1, 0.15) is 51.1 Å². The van der Waals surface area contributed by atoms with Gasteiger partial charge in [0.2, 0.25) is 0 Å². The van der Waals surface area contributed by atoms with E-state index in [1.807, 2.05) is 6.20 Å². The largest absolute Gasteiger partial charge is 0.305 e. The van der Waals surface area contributed by atoms with E-state index in [4.69, 9.17) is 0 Å². The van der Waals surface area contributed by atoms with Gasteiger partial charge in [-0.2, -0.15) is 0 Å². The molecule has 2 heterocycles. The summed E-state index contributed by atoms with van der Waals surface area (Å²) >= 11 is 1.74. The average molecular weight is 281 g/mol. The highest BCUT2D eigenvalue weighted by molar-refractivity contribution is 7.09. The van der Waals surface area contributed by atoms with Crippen LogP contribution in [0.3, 0.4) is 0 Å². The zero-order chi connectivity index (χ0) is 13.7. The Hall–Kier alpha value is -0.450. The van der Waals surface area contributed by atoms with E-state index in [2.05, 4.69) is 41.4 Å². The second-order valence-electron chi connectivity index (χ2n) is 5.75. The minimum absolute atomic E-state index is 0.372. The summed E-state index contributed by atoms with van der Waals surface area (Å²) in [6.07, 6.45) is 5.87. The van der Waals surface area contributed by atoms with E-state index < -0.39 is 0 Å². The molecule has 3 atom stereocenters. The van der Waals surface area contributed by atoms with Gasteiger partial charge in [-0.1, -0.05) is 6.92 Å². The molecule has 0 saturated carbocycles. The van der Waals surface area contributed by atoms with Crippen molar-refractivity contribution in [2.45, 2.75) is 52.1 Å². The topological polar surface area (TPSA) is 28.2 Å². The molecular weight excluding hydrogens is 254 g/mol. The van der Waals surface area contributed by atoms with Gasteiger partial charge in [0, 0.05) is 24.2 Å². The molecule has 0 aromatic carbocycles. The van der Waals surface area contributed by atoms with Crippen molar-refractivity contribution >= 4 is 11.3 Å². The Labute approximate surface area is 121 Å². The summed E-state index contributed by atoms with van der Waals surface area (Å²) in [5.41, 5.74) is 0. The summed E-state index contributed by atoms with van der Waals surface area (Å²) < 4.78 is 0. The molecule has 1 fully saturated rings. The lowest BCUT2D eigenvalue weighted by molar-refractivity contribution is 0.147. The summed E-state index contributed by atoms with van der Waals surface area (Å²) in [6, 6.07) is 0.940. The Balaban J connectivity index is 1.83.